The van der Waals surface area contributed by atoms with E-state index < -0.39 is 48.6 Å². The Kier molecular flexibility index (Phi) is 7.63. The SMILES string of the molecule is O=C(O)CC(=O)CCCCC(O)(O)CC(=O)CC(=O)O. The van der Waals surface area contributed by atoms with E-state index in [-0.39, 0.29) is 25.7 Å². The minimum Gasteiger partial charge on any atom is -0.481 e. The lowest BCUT2D eigenvalue weighted by Gasteiger charge is -2.20. The summed E-state index contributed by atoms with van der Waals surface area (Å²) in [6.07, 6.45) is -1.76. The molecule has 0 bridgehead atoms. The van der Waals surface area contributed by atoms with E-state index in [0.29, 0.717) is 0 Å². The summed E-state index contributed by atoms with van der Waals surface area (Å²) < 4.78 is 0. The van der Waals surface area contributed by atoms with Crippen molar-refractivity contribution in [1.82, 2.24) is 0 Å². The third-order valence-electron chi connectivity index (χ3n) is 2.46. The van der Waals surface area contributed by atoms with Crippen LogP contribution in [0.15, 0.2) is 0 Å². The number of carboxylic acid groups (broad SMARTS) is 2. The maximum atomic E-state index is 11.1. The third-order valence-corrected chi connectivity index (χ3v) is 2.46. The molecule has 8 nitrogen and oxygen atoms in total. The van der Waals surface area contributed by atoms with Gasteiger partial charge < -0.3 is 20.4 Å². The van der Waals surface area contributed by atoms with Crippen molar-refractivity contribution >= 4 is 23.5 Å². The highest BCUT2D eigenvalue weighted by Crippen LogP contribution is 2.17. The molecule has 0 amide bonds. The summed E-state index contributed by atoms with van der Waals surface area (Å²) in [5.41, 5.74) is 0. The molecule has 0 aliphatic heterocycles. The first-order valence-electron chi connectivity index (χ1n) is 6.04. The van der Waals surface area contributed by atoms with Crippen LogP contribution in [0.2, 0.25) is 0 Å². The van der Waals surface area contributed by atoms with Crippen LogP contribution in [0.1, 0.15) is 44.9 Å². The van der Waals surface area contributed by atoms with Crippen LogP contribution in [0.3, 0.4) is 0 Å². The molecule has 0 spiro atoms. The van der Waals surface area contributed by atoms with Crippen molar-refractivity contribution in [1.29, 1.82) is 0 Å². The third kappa shape index (κ3) is 10.2. The summed E-state index contributed by atoms with van der Waals surface area (Å²) >= 11 is 0. The predicted molar refractivity (Wildman–Crippen MR) is 64.8 cm³/mol. The van der Waals surface area contributed by atoms with Crippen LogP contribution >= 0.6 is 0 Å². The molecule has 0 saturated heterocycles. The van der Waals surface area contributed by atoms with Crippen molar-refractivity contribution < 1.29 is 39.6 Å². The Bertz CT molecular complexity index is 385. The van der Waals surface area contributed by atoms with Crippen molar-refractivity contribution in [3.8, 4) is 0 Å². The highest BCUT2D eigenvalue weighted by atomic mass is 16.5. The molecule has 0 saturated carbocycles. The smallest absolute Gasteiger partial charge is 0.310 e. The zero-order valence-corrected chi connectivity index (χ0v) is 10.9. The Morgan fingerprint density at radius 1 is 0.800 bits per heavy atom. The Labute approximate surface area is 115 Å². The zero-order valence-electron chi connectivity index (χ0n) is 10.9. The number of unbranched alkanes of at least 4 members (excludes halogenated alkanes) is 1. The van der Waals surface area contributed by atoms with Crippen LogP contribution in [0.25, 0.3) is 0 Å². The molecule has 4 N–H and O–H groups in total. The molecule has 0 atom stereocenters. The van der Waals surface area contributed by atoms with Gasteiger partial charge in [-0.15, -0.1) is 0 Å². The van der Waals surface area contributed by atoms with Crippen molar-refractivity contribution in [2.45, 2.75) is 50.7 Å². The second-order valence-corrected chi connectivity index (χ2v) is 4.58. The van der Waals surface area contributed by atoms with Crippen LogP contribution < -0.4 is 0 Å². The van der Waals surface area contributed by atoms with Crippen LogP contribution in [0, 0.1) is 0 Å². The normalized spacial score (nSPS) is 11.1. The molecule has 0 rings (SSSR count). The van der Waals surface area contributed by atoms with Crippen molar-refractivity contribution in [2.24, 2.45) is 0 Å². The first-order chi connectivity index (χ1) is 9.12. The van der Waals surface area contributed by atoms with Gasteiger partial charge in [-0.25, -0.2) is 0 Å². The highest BCUT2D eigenvalue weighted by molar-refractivity contribution is 5.95. The fourth-order valence-electron chi connectivity index (χ4n) is 1.62. The molecule has 20 heavy (non-hydrogen) atoms. The van der Waals surface area contributed by atoms with E-state index in [0.717, 1.165) is 0 Å². The van der Waals surface area contributed by atoms with E-state index in [9.17, 15) is 29.4 Å². The second kappa shape index (κ2) is 8.39. The number of hydrogen-bond acceptors (Lipinski definition) is 6. The zero-order chi connectivity index (χ0) is 15.8. The lowest BCUT2D eigenvalue weighted by molar-refractivity contribution is -0.176. The maximum absolute atomic E-state index is 11.1. The van der Waals surface area contributed by atoms with Gasteiger partial charge in [0.25, 0.3) is 0 Å². The number of hydrogen-bond donors (Lipinski definition) is 4. The summed E-state index contributed by atoms with van der Waals surface area (Å²) in [4.78, 5) is 42.6. The van der Waals surface area contributed by atoms with Gasteiger partial charge in [-0.2, -0.15) is 0 Å². The molecular formula is C12H18O8. The van der Waals surface area contributed by atoms with Gasteiger partial charge in [-0.05, 0) is 12.8 Å². The van der Waals surface area contributed by atoms with Gasteiger partial charge in [-0.3, -0.25) is 19.2 Å². The van der Waals surface area contributed by atoms with Gasteiger partial charge in [-0.1, -0.05) is 0 Å². The van der Waals surface area contributed by atoms with Gasteiger partial charge in [0.05, 0.1) is 6.42 Å². The molecule has 0 aromatic carbocycles. The average Bonchev–Trinajstić information content (AvgIpc) is 2.21. The number of ketones is 2. The van der Waals surface area contributed by atoms with Crippen LogP contribution in [0.4, 0.5) is 0 Å². The van der Waals surface area contributed by atoms with E-state index in [1.807, 2.05) is 0 Å². The molecule has 0 aliphatic rings. The van der Waals surface area contributed by atoms with E-state index in [1.54, 1.807) is 0 Å². The van der Waals surface area contributed by atoms with Crippen molar-refractivity contribution in [2.75, 3.05) is 0 Å². The summed E-state index contributed by atoms with van der Waals surface area (Å²) in [7, 11) is 0. The summed E-state index contributed by atoms with van der Waals surface area (Å²) in [5, 5.41) is 35.7. The molecule has 0 fully saturated rings. The lowest BCUT2D eigenvalue weighted by atomic mass is 10.00. The molecule has 0 aromatic rings. The number of aliphatic carboxylic acids is 2. The Hall–Kier alpha value is -1.80. The summed E-state index contributed by atoms with van der Waals surface area (Å²) in [6.45, 7) is 0. The minimum absolute atomic E-state index is 0.00541. The number of Topliss-reactive ketones (excluding diaryl/α,β-unsaturated/α-hetero) is 2. The van der Waals surface area contributed by atoms with Crippen molar-refractivity contribution in [3.05, 3.63) is 0 Å². The number of carbonyl (C=O) groups excluding carboxylic acids is 2. The second-order valence-electron chi connectivity index (χ2n) is 4.58. The van der Waals surface area contributed by atoms with E-state index in [1.165, 1.54) is 0 Å². The average molecular weight is 290 g/mol. The van der Waals surface area contributed by atoms with Gasteiger partial charge in [0.2, 0.25) is 0 Å². The molecule has 114 valence electrons. The molecule has 0 heterocycles. The Balaban J connectivity index is 3.93. The largest absolute Gasteiger partial charge is 0.481 e. The molecule has 0 unspecified atom stereocenters. The van der Waals surface area contributed by atoms with E-state index in [2.05, 4.69) is 0 Å². The number of carboxylic acids is 2. The van der Waals surface area contributed by atoms with Crippen LogP contribution in [0.5, 0.6) is 0 Å². The topological polar surface area (TPSA) is 149 Å². The molecule has 0 radical (unpaired) electrons. The standard InChI is InChI=1S/C12H18O8/c13-8(5-10(15)16)3-1-2-4-12(19,20)7-9(14)6-11(17)18/h19-20H,1-7H2,(H,15,16)(H,17,18). The first kappa shape index (κ1) is 18.2. The Morgan fingerprint density at radius 2 is 1.30 bits per heavy atom. The number of rotatable bonds is 11. The summed E-state index contributed by atoms with van der Waals surface area (Å²) in [6, 6.07) is 0. The fraction of sp³-hybridized carbons (Fsp3) is 0.667. The Morgan fingerprint density at radius 3 is 1.80 bits per heavy atom. The molecule has 0 aliphatic carbocycles. The van der Waals surface area contributed by atoms with Crippen LogP contribution in [-0.2, 0) is 19.2 Å². The highest BCUT2D eigenvalue weighted by Gasteiger charge is 2.27. The number of carbonyl (C=O) groups is 4. The molecule has 8 heteroatoms. The molecular weight excluding hydrogens is 272 g/mol. The van der Waals surface area contributed by atoms with Crippen molar-refractivity contribution in [3.63, 3.8) is 0 Å². The monoisotopic (exact) mass is 290 g/mol. The molecule has 0 aromatic heterocycles. The van der Waals surface area contributed by atoms with Gasteiger partial charge >= 0.3 is 11.9 Å². The first-order valence-corrected chi connectivity index (χ1v) is 6.04. The summed E-state index contributed by atoms with van der Waals surface area (Å²) in [5.74, 6) is -6.12. The maximum Gasteiger partial charge on any atom is 0.310 e. The predicted octanol–water partition coefficient (Wildman–Crippen LogP) is -0.295. The van der Waals surface area contributed by atoms with Gasteiger partial charge in [0.15, 0.2) is 5.79 Å². The van der Waals surface area contributed by atoms with E-state index >= 15 is 0 Å². The lowest BCUT2D eigenvalue weighted by Crippen LogP contribution is -2.32. The van der Waals surface area contributed by atoms with Gasteiger partial charge in [0.1, 0.15) is 24.4 Å². The minimum atomic E-state index is -2.30. The van der Waals surface area contributed by atoms with Gasteiger partial charge in [0, 0.05) is 12.8 Å². The number of aliphatic hydroxyl groups is 2. The fourth-order valence-corrected chi connectivity index (χ4v) is 1.62. The van der Waals surface area contributed by atoms with E-state index in [4.69, 9.17) is 10.2 Å². The quantitative estimate of drug-likeness (QED) is 0.230. The van der Waals surface area contributed by atoms with Crippen LogP contribution in [-0.4, -0.2) is 49.7 Å².